The average molecular weight is 337 g/mol. The Labute approximate surface area is 143 Å². The van der Waals surface area contributed by atoms with Crippen LogP contribution in [0.25, 0.3) is 0 Å². The smallest absolute Gasteiger partial charge is 0.335 e. The first-order chi connectivity index (χ1) is 11.9. The van der Waals surface area contributed by atoms with Crippen molar-refractivity contribution >= 4 is 23.3 Å². The number of carbonyl (C=O) groups excluding carboxylic acids is 1. The van der Waals surface area contributed by atoms with Crippen LogP contribution in [-0.2, 0) is 4.79 Å². The van der Waals surface area contributed by atoms with Gasteiger partial charge in [-0.1, -0.05) is 6.07 Å². The number of phenolic OH excluding ortho intramolecular Hbond substituents is 1. The van der Waals surface area contributed by atoms with Crippen LogP contribution in [0.5, 0.6) is 5.75 Å². The van der Waals surface area contributed by atoms with Crippen LogP contribution in [0.15, 0.2) is 54.2 Å². The van der Waals surface area contributed by atoms with Gasteiger partial charge >= 0.3 is 5.97 Å². The summed E-state index contributed by atoms with van der Waals surface area (Å²) in [4.78, 5) is 23.1. The monoisotopic (exact) mass is 337 g/mol. The molecule has 0 atom stereocenters. The number of anilines is 2. The van der Waals surface area contributed by atoms with E-state index < -0.39 is 11.9 Å². The minimum absolute atomic E-state index is 0.0260. The summed E-state index contributed by atoms with van der Waals surface area (Å²) in [7, 11) is 0. The van der Waals surface area contributed by atoms with Crippen molar-refractivity contribution < 1.29 is 19.8 Å². The van der Waals surface area contributed by atoms with Gasteiger partial charge in [0.25, 0.3) is 5.91 Å². The molecule has 0 bridgehead atoms. The van der Waals surface area contributed by atoms with E-state index in [1.807, 2.05) is 0 Å². The molecule has 2 aromatic rings. The molecule has 0 unspecified atom stereocenters. The van der Waals surface area contributed by atoms with Gasteiger partial charge in [0.2, 0.25) is 0 Å². The molecule has 0 aliphatic carbocycles. The molecule has 0 heterocycles. The molecule has 0 aromatic heterocycles. The number of nitrogens with one attached hydrogen (secondary N) is 2. The van der Waals surface area contributed by atoms with Gasteiger partial charge in [0.1, 0.15) is 17.4 Å². The van der Waals surface area contributed by atoms with Crippen LogP contribution in [0.2, 0.25) is 0 Å². The Balaban J connectivity index is 2.14. The number of hydrogen-bond donors (Lipinski definition) is 4. The molecular weight excluding hydrogens is 322 g/mol. The number of aryl methyl sites for hydroxylation is 1. The third kappa shape index (κ3) is 4.59. The molecule has 0 radical (unpaired) electrons. The molecule has 7 nitrogen and oxygen atoms in total. The van der Waals surface area contributed by atoms with E-state index in [0.29, 0.717) is 5.69 Å². The highest BCUT2D eigenvalue weighted by Gasteiger charge is 2.11. The number of aromatic hydroxyl groups is 1. The Kier molecular flexibility index (Phi) is 5.38. The first-order valence-electron chi connectivity index (χ1n) is 7.22. The fourth-order valence-corrected chi connectivity index (χ4v) is 2.04. The lowest BCUT2D eigenvalue weighted by Crippen LogP contribution is -2.15. The van der Waals surface area contributed by atoms with Gasteiger partial charge in [-0.25, -0.2) is 4.79 Å². The van der Waals surface area contributed by atoms with E-state index in [9.17, 15) is 14.7 Å². The standard InChI is InChI=1S/C18H15N3O4/c1-11-7-15(22)5-6-16(11)20-10-13(9-19)17(23)21-14-4-2-3-12(8-14)18(24)25/h2-8,10,20,22H,1H3,(H,21,23)(H,24,25)/b13-10-. The van der Waals surface area contributed by atoms with Crippen LogP contribution in [0.4, 0.5) is 11.4 Å². The number of carboxylic acids is 1. The molecule has 0 saturated carbocycles. The fraction of sp³-hybridized carbons (Fsp3) is 0.0556. The maximum Gasteiger partial charge on any atom is 0.335 e. The molecule has 126 valence electrons. The number of nitrogens with zero attached hydrogens (tertiary/aromatic N) is 1. The largest absolute Gasteiger partial charge is 0.508 e. The normalized spacial score (nSPS) is 10.6. The summed E-state index contributed by atoms with van der Waals surface area (Å²) in [5.74, 6) is -1.67. The van der Waals surface area contributed by atoms with E-state index in [2.05, 4.69) is 10.6 Å². The molecule has 0 fully saturated rings. The molecule has 0 saturated heterocycles. The Morgan fingerprint density at radius 2 is 1.96 bits per heavy atom. The predicted molar refractivity (Wildman–Crippen MR) is 92.2 cm³/mol. The second-order valence-corrected chi connectivity index (χ2v) is 5.15. The first-order valence-corrected chi connectivity index (χ1v) is 7.22. The molecule has 0 spiro atoms. The number of amides is 1. The number of benzene rings is 2. The molecule has 0 aliphatic rings. The molecule has 25 heavy (non-hydrogen) atoms. The quantitative estimate of drug-likeness (QED) is 0.378. The van der Waals surface area contributed by atoms with E-state index in [-0.39, 0.29) is 22.6 Å². The summed E-state index contributed by atoms with van der Waals surface area (Å²) in [6.45, 7) is 1.76. The average Bonchev–Trinajstić information content (AvgIpc) is 2.57. The van der Waals surface area contributed by atoms with Crippen molar-refractivity contribution in [3.63, 3.8) is 0 Å². The zero-order valence-electron chi connectivity index (χ0n) is 13.3. The summed E-state index contributed by atoms with van der Waals surface area (Å²) in [5.41, 5.74) is 1.48. The van der Waals surface area contributed by atoms with Crippen molar-refractivity contribution in [3.8, 4) is 11.8 Å². The zero-order valence-corrected chi connectivity index (χ0v) is 13.3. The number of rotatable bonds is 5. The lowest BCUT2D eigenvalue weighted by molar-refractivity contribution is -0.112. The van der Waals surface area contributed by atoms with E-state index in [1.54, 1.807) is 25.1 Å². The maximum absolute atomic E-state index is 12.2. The lowest BCUT2D eigenvalue weighted by atomic mass is 10.2. The van der Waals surface area contributed by atoms with Gasteiger partial charge < -0.3 is 20.8 Å². The number of hydrogen-bond acceptors (Lipinski definition) is 5. The number of nitriles is 1. The molecular formula is C18H15N3O4. The van der Waals surface area contributed by atoms with Crippen molar-refractivity contribution in [2.45, 2.75) is 6.92 Å². The van der Waals surface area contributed by atoms with Gasteiger partial charge in [0.15, 0.2) is 0 Å². The highest BCUT2D eigenvalue weighted by Crippen LogP contribution is 2.20. The summed E-state index contributed by atoms with van der Waals surface area (Å²) in [6.07, 6.45) is 1.25. The molecule has 0 aliphatic heterocycles. The zero-order chi connectivity index (χ0) is 18.4. The molecule has 4 N–H and O–H groups in total. The molecule has 2 aromatic carbocycles. The summed E-state index contributed by atoms with van der Waals surface area (Å²) in [5, 5.41) is 32.8. The van der Waals surface area contributed by atoms with E-state index in [4.69, 9.17) is 10.4 Å². The first kappa shape index (κ1) is 17.6. The van der Waals surface area contributed by atoms with Gasteiger partial charge in [-0.05, 0) is 48.9 Å². The number of carbonyl (C=O) groups is 2. The fourth-order valence-electron chi connectivity index (χ4n) is 2.04. The van der Waals surface area contributed by atoms with Crippen molar-refractivity contribution in [2.75, 3.05) is 10.6 Å². The molecule has 7 heteroatoms. The van der Waals surface area contributed by atoms with Gasteiger partial charge in [0, 0.05) is 17.6 Å². The summed E-state index contributed by atoms with van der Waals surface area (Å²) < 4.78 is 0. The Bertz CT molecular complexity index is 897. The Morgan fingerprint density at radius 3 is 2.60 bits per heavy atom. The SMILES string of the molecule is Cc1cc(O)ccc1N/C=C(/C#N)C(=O)Nc1cccc(C(=O)O)c1. The highest BCUT2D eigenvalue weighted by atomic mass is 16.4. The van der Waals surface area contributed by atoms with Gasteiger partial charge in [-0.2, -0.15) is 5.26 Å². The van der Waals surface area contributed by atoms with Crippen molar-refractivity contribution in [2.24, 2.45) is 0 Å². The van der Waals surface area contributed by atoms with Crippen LogP contribution in [-0.4, -0.2) is 22.1 Å². The second-order valence-electron chi connectivity index (χ2n) is 5.15. The minimum Gasteiger partial charge on any atom is -0.508 e. The van der Waals surface area contributed by atoms with E-state index >= 15 is 0 Å². The Hall–Kier alpha value is -3.79. The van der Waals surface area contributed by atoms with Crippen LogP contribution in [0.3, 0.4) is 0 Å². The van der Waals surface area contributed by atoms with Crippen LogP contribution < -0.4 is 10.6 Å². The van der Waals surface area contributed by atoms with Crippen molar-refractivity contribution in [1.29, 1.82) is 5.26 Å². The lowest BCUT2D eigenvalue weighted by Gasteiger charge is -2.08. The number of aromatic carboxylic acids is 1. The third-order valence-corrected chi connectivity index (χ3v) is 3.31. The second kappa shape index (κ2) is 7.66. The third-order valence-electron chi connectivity index (χ3n) is 3.31. The van der Waals surface area contributed by atoms with Crippen molar-refractivity contribution in [1.82, 2.24) is 0 Å². The topological polar surface area (TPSA) is 122 Å². The summed E-state index contributed by atoms with van der Waals surface area (Å²) >= 11 is 0. The van der Waals surface area contributed by atoms with Gasteiger partial charge in [-0.3, -0.25) is 4.79 Å². The van der Waals surface area contributed by atoms with Gasteiger partial charge in [-0.15, -0.1) is 0 Å². The van der Waals surface area contributed by atoms with E-state index in [0.717, 1.165) is 5.56 Å². The van der Waals surface area contributed by atoms with Crippen LogP contribution in [0.1, 0.15) is 15.9 Å². The summed E-state index contributed by atoms with van der Waals surface area (Å²) in [6, 6.07) is 12.1. The highest BCUT2D eigenvalue weighted by molar-refractivity contribution is 6.07. The predicted octanol–water partition coefficient (Wildman–Crippen LogP) is 2.86. The van der Waals surface area contributed by atoms with Crippen LogP contribution in [0, 0.1) is 18.3 Å². The number of carboxylic acid groups (broad SMARTS) is 1. The van der Waals surface area contributed by atoms with Crippen LogP contribution >= 0.6 is 0 Å². The van der Waals surface area contributed by atoms with Crippen molar-refractivity contribution in [3.05, 3.63) is 65.4 Å². The Morgan fingerprint density at radius 1 is 1.20 bits per heavy atom. The maximum atomic E-state index is 12.2. The van der Waals surface area contributed by atoms with Gasteiger partial charge in [0.05, 0.1) is 5.56 Å². The minimum atomic E-state index is -1.11. The number of phenols is 1. The van der Waals surface area contributed by atoms with E-state index in [1.165, 1.54) is 36.5 Å². The molecule has 1 amide bonds. The molecule has 2 rings (SSSR count).